The van der Waals surface area contributed by atoms with Gasteiger partial charge in [-0.1, -0.05) is 0 Å². The maximum absolute atomic E-state index is 12.7. The average Bonchev–Trinajstić information content (AvgIpc) is 2.61. The summed E-state index contributed by atoms with van der Waals surface area (Å²) in [5.74, 6) is -1.54. The minimum absolute atomic E-state index is 0.0778. The molecule has 0 spiro atoms. The number of aryl methyl sites for hydroxylation is 1. The Labute approximate surface area is 105 Å². The zero-order valence-electron chi connectivity index (χ0n) is 9.73. The summed E-state index contributed by atoms with van der Waals surface area (Å²) < 4.78 is 39.4. The van der Waals surface area contributed by atoms with Crippen LogP contribution in [-0.2, 0) is 13.2 Å². The van der Waals surface area contributed by atoms with Gasteiger partial charge in [0.2, 0.25) is 0 Å². The summed E-state index contributed by atoms with van der Waals surface area (Å²) in [4.78, 5) is 0. The molecule has 2 rings (SSSR count). The van der Waals surface area contributed by atoms with Crippen LogP contribution in [0.5, 0.6) is 11.5 Å². The van der Waals surface area contributed by atoms with Gasteiger partial charge in [0.1, 0.15) is 22.9 Å². The number of anilines is 1. The van der Waals surface area contributed by atoms with Gasteiger partial charge in [-0.15, -0.1) is 0 Å². The molecule has 0 aliphatic carbocycles. The van der Waals surface area contributed by atoms with Gasteiger partial charge in [0.25, 0.3) is 0 Å². The lowest BCUT2D eigenvalue weighted by Crippen LogP contribution is -2.06. The Morgan fingerprint density at radius 2 is 1.84 bits per heavy atom. The normalized spacial score (nSPS) is 11.8. The Bertz CT molecular complexity index is 635. The minimum Gasteiger partial charge on any atom is -0.508 e. The Balaban J connectivity index is 2.72. The first-order chi connectivity index (χ1) is 8.71. The molecule has 102 valence electrons. The number of hydrogen-bond donors (Lipinski definition) is 3. The Morgan fingerprint density at radius 1 is 1.21 bits per heavy atom. The van der Waals surface area contributed by atoms with Gasteiger partial charge >= 0.3 is 6.18 Å². The quantitative estimate of drug-likeness (QED) is 0.695. The van der Waals surface area contributed by atoms with Crippen molar-refractivity contribution in [2.24, 2.45) is 7.05 Å². The second-order valence-corrected chi connectivity index (χ2v) is 3.95. The summed E-state index contributed by atoms with van der Waals surface area (Å²) in [6.45, 7) is 0. The predicted octanol–water partition coefficient (Wildman–Crippen LogP) is 2.10. The molecule has 0 fully saturated rings. The van der Waals surface area contributed by atoms with E-state index in [1.165, 1.54) is 17.9 Å². The van der Waals surface area contributed by atoms with E-state index in [0.717, 1.165) is 6.07 Å². The highest BCUT2D eigenvalue weighted by molar-refractivity contribution is 5.80. The highest BCUT2D eigenvalue weighted by Gasteiger charge is 2.36. The number of benzene rings is 1. The van der Waals surface area contributed by atoms with Crippen LogP contribution in [0.1, 0.15) is 5.56 Å². The molecule has 19 heavy (non-hydrogen) atoms. The highest BCUT2D eigenvalue weighted by Crippen LogP contribution is 2.44. The van der Waals surface area contributed by atoms with Crippen molar-refractivity contribution in [3.8, 4) is 22.6 Å². The lowest BCUT2D eigenvalue weighted by molar-refractivity contribution is -0.138. The number of halogens is 3. The molecular weight excluding hydrogens is 263 g/mol. The molecule has 0 radical (unpaired) electrons. The van der Waals surface area contributed by atoms with E-state index in [4.69, 9.17) is 5.73 Å². The summed E-state index contributed by atoms with van der Waals surface area (Å²) in [6.07, 6.45) is -3.57. The van der Waals surface area contributed by atoms with E-state index in [-0.39, 0.29) is 16.9 Å². The zero-order valence-corrected chi connectivity index (χ0v) is 9.73. The van der Waals surface area contributed by atoms with E-state index in [9.17, 15) is 23.4 Å². The third-order valence-corrected chi connectivity index (χ3v) is 2.67. The molecule has 0 amide bonds. The molecule has 0 saturated heterocycles. The van der Waals surface area contributed by atoms with Crippen molar-refractivity contribution in [1.29, 1.82) is 0 Å². The van der Waals surface area contributed by atoms with Crippen LogP contribution in [0.3, 0.4) is 0 Å². The fraction of sp³-hybridized carbons (Fsp3) is 0.182. The smallest absolute Gasteiger partial charge is 0.420 e. The molecule has 0 saturated carbocycles. The summed E-state index contributed by atoms with van der Waals surface area (Å²) in [5.41, 5.74) is 4.20. The molecule has 8 heteroatoms. The molecule has 0 unspecified atom stereocenters. The zero-order chi connectivity index (χ0) is 14.4. The molecule has 0 bridgehead atoms. The first-order valence-electron chi connectivity index (χ1n) is 5.13. The standard InChI is InChI=1S/C11H10F3N3O2/c1-17-10(15)7(4-16-17)6-2-5(18)3-8(9(6)19)11(12,13)14/h2-4,18-19H,15H2,1H3. The number of aromatic hydroxyl groups is 2. The van der Waals surface area contributed by atoms with Crippen molar-refractivity contribution in [2.45, 2.75) is 6.18 Å². The molecule has 4 N–H and O–H groups in total. The van der Waals surface area contributed by atoms with E-state index in [0.29, 0.717) is 6.07 Å². The fourth-order valence-electron chi connectivity index (χ4n) is 1.70. The molecule has 0 aliphatic rings. The topological polar surface area (TPSA) is 84.3 Å². The first-order valence-corrected chi connectivity index (χ1v) is 5.13. The molecule has 1 aromatic carbocycles. The number of nitrogens with two attached hydrogens (primary N) is 1. The van der Waals surface area contributed by atoms with Gasteiger partial charge in [-0.25, -0.2) is 0 Å². The monoisotopic (exact) mass is 273 g/mol. The lowest BCUT2D eigenvalue weighted by Gasteiger charge is -2.13. The van der Waals surface area contributed by atoms with Gasteiger partial charge in [0.05, 0.1) is 6.20 Å². The van der Waals surface area contributed by atoms with Crippen LogP contribution in [0.4, 0.5) is 19.0 Å². The van der Waals surface area contributed by atoms with E-state index in [2.05, 4.69) is 5.10 Å². The molecular formula is C11H10F3N3O2. The number of aromatic nitrogens is 2. The number of nitrogen functional groups attached to an aromatic ring is 1. The fourth-order valence-corrected chi connectivity index (χ4v) is 1.70. The van der Waals surface area contributed by atoms with Crippen molar-refractivity contribution in [3.63, 3.8) is 0 Å². The van der Waals surface area contributed by atoms with Gasteiger partial charge in [0.15, 0.2) is 0 Å². The maximum atomic E-state index is 12.7. The van der Waals surface area contributed by atoms with E-state index < -0.39 is 23.2 Å². The van der Waals surface area contributed by atoms with Crippen LogP contribution >= 0.6 is 0 Å². The van der Waals surface area contributed by atoms with Gasteiger partial charge in [-0.2, -0.15) is 18.3 Å². The van der Waals surface area contributed by atoms with Crippen molar-refractivity contribution in [2.75, 3.05) is 5.73 Å². The van der Waals surface area contributed by atoms with Crippen molar-refractivity contribution in [1.82, 2.24) is 9.78 Å². The maximum Gasteiger partial charge on any atom is 0.420 e. The number of nitrogens with zero attached hydrogens (tertiary/aromatic N) is 2. The first kappa shape index (κ1) is 13.1. The number of phenols is 2. The Morgan fingerprint density at radius 3 is 2.32 bits per heavy atom. The van der Waals surface area contributed by atoms with Gasteiger partial charge < -0.3 is 15.9 Å². The Hall–Kier alpha value is -2.38. The summed E-state index contributed by atoms with van der Waals surface area (Å²) >= 11 is 0. The number of phenolic OH excluding ortho intramolecular Hbond substituents is 2. The largest absolute Gasteiger partial charge is 0.508 e. The van der Waals surface area contributed by atoms with Crippen LogP contribution in [0.15, 0.2) is 18.3 Å². The molecule has 0 aliphatic heterocycles. The van der Waals surface area contributed by atoms with Crippen molar-refractivity contribution >= 4 is 5.82 Å². The lowest BCUT2D eigenvalue weighted by atomic mass is 10.0. The molecule has 1 aromatic heterocycles. The van der Waals surface area contributed by atoms with E-state index in [1.807, 2.05) is 0 Å². The van der Waals surface area contributed by atoms with Crippen molar-refractivity contribution in [3.05, 3.63) is 23.9 Å². The van der Waals surface area contributed by atoms with Crippen LogP contribution in [0.25, 0.3) is 11.1 Å². The summed E-state index contributed by atoms with van der Waals surface area (Å²) in [7, 11) is 1.50. The highest BCUT2D eigenvalue weighted by atomic mass is 19.4. The third-order valence-electron chi connectivity index (χ3n) is 2.67. The molecule has 0 atom stereocenters. The van der Waals surface area contributed by atoms with Gasteiger partial charge in [-0.05, 0) is 12.1 Å². The van der Waals surface area contributed by atoms with Crippen LogP contribution in [0.2, 0.25) is 0 Å². The second kappa shape index (κ2) is 4.08. The Kier molecular flexibility index (Phi) is 2.80. The molecule has 5 nitrogen and oxygen atoms in total. The van der Waals surface area contributed by atoms with Gasteiger partial charge in [0, 0.05) is 18.2 Å². The average molecular weight is 273 g/mol. The van der Waals surface area contributed by atoms with Crippen LogP contribution in [0, 0.1) is 0 Å². The molecule has 2 aromatic rings. The molecule has 1 heterocycles. The van der Waals surface area contributed by atoms with E-state index >= 15 is 0 Å². The van der Waals surface area contributed by atoms with Crippen LogP contribution in [-0.4, -0.2) is 20.0 Å². The summed E-state index contributed by atoms with van der Waals surface area (Å²) in [5, 5.41) is 22.8. The second-order valence-electron chi connectivity index (χ2n) is 3.95. The van der Waals surface area contributed by atoms with Gasteiger partial charge in [-0.3, -0.25) is 4.68 Å². The number of rotatable bonds is 1. The predicted molar refractivity (Wildman–Crippen MR) is 61.4 cm³/mol. The van der Waals surface area contributed by atoms with E-state index in [1.54, 1.807) is 0 Å². The third kappa shape index (κ3) is 2.16. The minimum atomic E-state index is -4.78. The SMILES string of the molecule is Cn1ncc(-c2cc(O)cc(C(F)(F)F)c2O)c1N. The van der Waals surface area contributed by atoms with Crippen LogP contribution < -0.4 is 5.73 Å². The number of alkyl halides is 3. The number of hydrogen-bond acceptors (Lipinski definition) is 4. The summed E-state index contributed by atoms with van der Waals surface area (Å²) in [6, 6.07) is 1.45. The van der Waals surface area contributed by atoms with Crippen molar-refractivity contribution < 1.29 is 23.4 Å².